The highest BCUT2D eigenvalue weighted by Gasteiger charge is 2.34. The molecule has 11 heteroatoms. The summed E-state index contributed by atoms with van der Waals surface area (Å²) < 4.78 is 88.4. The van der Waals surface area contributed by atoms with Crippen molar-refractivity contribution in [3.63, 3.8) is 0 Å². The predicted molar refractivity (Wildman–Crippen MR) is 285 cm³/mol. The van der Waals surface area contributed by atoms with Crippen molar-refractivity contribution in [2.75, 3.05) is 0 Å². The predicted octanol–water partition coefficient (Wildman–Crippen LogP) is 18.3. The van der Waals surface area contributed by atoms with Crippen molar-refractivity contribution >= 4 is 27.5 Å². The number of hydrogen-bond donors (Lipinski definition) is 0. The van der Waals surface area contributed by atoms with Gasteiger partial charge >= 0.3 is 12.4 Å². The van der Waals surface area contributed by atoms with Crippen molar-refractivity contribution in [3.05, 3.63) is 239 Å². The van der Waals surface area contributed by atoms with Crippen LogP contribution in [0, 0.1) is 31.8 Å². The molecule has 0 amide bonds. The third kappa shape index (κ3) is 9.06. The highest BCUT2D eigenvalue weighted by molar-refractivity contribution is 6.13. The number of fused-ring (bicyclic) bond motifs is 3. The molecule has 2 heterocycles. The van der Waals surface area contributed by atoms with Gasteiger partial charge in [-0.15, -0.1) is 0 Å². The molecule has 11 rings (SSSR count). The van der Waals surface area contributed by atoms with E-state index in [1.54, 1.807) is 74.5 Å². The van der Waals surface area contributed by atoms with E-state index in [2.05, 4.69) is 10.9 Å². The highest BCUT2D eigenvalue weighted by Crippen LogP contribution is 2.47. The largest absolute Gasteiger partial charge is 0.417 e. The monoisotopic (exact) mass is 991 g/mol. The number of hydrogen-bond acceptors (Lipinski definition) is 3. The van der Waals surface area contributed by atoms with Gasteiger partial charge in [0.1, 0.15) is 0 Å². The fraction of sp³-hybridized carbons (Fsp3) is 0.0625. The van der Waals surface area contributed by atoms with Crippen molar-refractivity contribution < 1.29 is 26.3 Å². The van der Waals surface area contributed by atoms with Crippen LogP contribution in [0.25, 0.3) is 111 Å². The standard InChI is InChI=1S/C64H39F6N5/c1-38-20-24-51(56(28-38)64(68,69)70)46-22-27-60-55(33-46)54-32-45(50-25-23-48(29-39(50)2)63(65,66)67)21-26-59(54)75(60)61-52(43-17-10-12-40(30-43)37-71)34-47(35-53(61)44-18-11-19-49(31-44)72-3)58-36-57(41-13-6-4-7-14-41)73-62(74-58)42-15-8-5-9-16-42/h4-36H,1-2H3. The van der Waals surface area contributed by atoms with E-state index in [1.807, 2.05) is 114 Å². The molecule has 0 aliphatic carbocycles. The molecule has 0 atom stereocenters. The SMILES string of the molecule is [C-]#[N+]c1cccc(-c2cc(-c3cc(-c4ccccc4)nc(-c4ccccc4)n3)cc(-c3cccc(C#N)c3)c2-n2c3ccc(-c4ccc(C(F)(F)F)cc4C)cc3c3cc(-c4ccc(C)cc4C(F)(F)F)ccc32)c1. The summed E-state index contributed by atoms with van der Waals surface area (Å²) in [6.45, 7) is 11.3. The third-order valence-corrected chi connectivity index (χ3v) is 13.5. The fourth-order valence-corrected chi connectivity index (χ4v) is 9.94. The van der Waals surface area contributed by atoms with Gasteiger partial charge in [0.25, 0.3) is 0 Å². The molecule has 0 radical (unpaired) electrons. The Hall–Kier alpha value is -9.58. The van der Waals surface area contributed by atoms with Crippen LogP contribution < -0.4 is 0 Å². The minimum Gasteiger partial charge on any atom is -0.308 e. The van der Waals surface area contributed by atoms with E-state index in [0.29, 0.717) is 112 Å². The average Bonchev–Trinajstić information content (AvgIpc) is 3.76. The Morgan fingerprint density at radius 2 is 1.04 bits per heavy atom. The third-order valence-electron chi connectivity index (χ3n) is 13.5. The summed E-state index contributed by atoms with van der Waals surface area (Å²) in [5, 5.41) is 11.5. The smallest absolute Gasteiger partial charge is 0.308 e. The first-order valence-corrected chi connectivity index (χ1v) is 23.8. The van der Waals surface area contributed by atoms with Gasteiger partial charge in [-0.05, 0) is 132 Å². The van der Waals surface area contributed by atoms with E-state index in [-0.39, 0.29) is 5.56 Å². The van der Waals surface area contributed by atoms with Crippen molar-refractivity contribution in [3.8, 4) is 90.2 Å². The highest BCUT2D eigenvalue weighted by atomic mass is 19.4. The lowest BCUT2D eigenvalue weighted by molar-refractivity contribution is -0.138. The number of aromatic nitrogens is 3. The number of rotatable bonds is 8. The van der Waals surface area contributed by atoms with Crippen molar-refractivity contribution in [2.24, 2.45) is 0 Å². The van der Waals surface area contributed by atoms with Gasteiger partial charge in [0.2, 0.25) is 0 Å². The Morgan fingerprint density at radius 3 is 1.64 bits per heavy atom. The summed E-state index contributed by atoms with van der Waals surface area (Å²) >= 11 is 0. The van der Waals surface area contributed by atoms with E-state index >= 15 is 0 Å². The second-order valence-corrected chi connectivity index (χ2v) is 18.3. The Morgan fingerprint density at radius 1 is 0.480 bits per heavy atom. The molecule has 2 aromatic heterocycles. The van der Waals surface area contributed by atoms with Crippen molar-refractivity contribution in [1.82, 2.24) is 14.5 Å². The molecule has 0 aliphatic heterocycles. The minimum atomic E-state index is -4.67. The van der Waals surface area contributed by atoms with E-state index in [0.717, 1.165) is 29.3 Å². The summed E-state index contributed by atoms with van der Waals surface area (Å²) in [6, 6.07) is 60.7. The molecule has 0 bridgehead atoms. The second-order valence-electron chi connectivity index (χ2n) is 18.3. The Bertz CT molecular complexity index is 4010. The van der Waals surface area contributed by atoms with Crippen LogP contribution in [0.15, 0.2) is 200 Å². The molecule has 0 fully saturated rings. The van der Waals surface area contributed by atoms with E-state index in [1.165, 1.54) is 12.1 Å². The summed E-state index contributed by atoms with van der Waals surface area (Å²) in [5.41, 5.74) is 9.51. The van der Waals surface area contributed by atoms with Crippen LogP contribution in [0.3, 0.4) is 0 Å². The van der Waals surface area contributed by atoms with Crippen LogP contribution in [0.1, 0.15) is 27.8 Å². The minimum absolute atomic E-state index is 0.0183. The number of halogens is 6. The molecule has 0 saturated carbocycles. The fourth-order valence-electron chi connectivity index (χ4n) is 9.94. The molecule has 75 heavy (non-hydrogen) atoms. The second kappa shape index (κ2) is 18.8. The number of benzene rings is 9. The number of alkyl halides is 6. The zero-order valence-electron chi connectivity index (χ0n) is 40.1. The van der Waals surface area contributed by atoms with Crippen LogP contribution in [0.2, 0.25) is 0 Å². The zero-order valence-corrected chi connectivity index (χ0v) is 40.1. The lowest BCUT2D eigenvalue weighted by Gasteiger charge is -2.22. The number of nitrogens with zero attached hydrogens (tertiary/aromatic N) is 5. The maximum Gasteiger partial charge on any atom is 0.417 e. The zero-order chi connectivity index (χ0) is 52.2. The lowest BCUT2D eigenvalue weighted by Crippen LogP contribution is -2.07. The van der Waals surface area contributed by atoms with Gasteiger partial charge in [-0.25, -0.2) is 14.8 Å². The van der Waals surface area contributed by atoms with E-state index in [9.17, 15) is 31.6 Å². The Balaban J connectivity index is 1.27. The Kier molecular flexibility index (Phi) is 12.0. The summed E-state index contributed by atoms with van der Waals surface area (Å²) in [4.78, 5) is 14.0. The van der Waals surface area contributed by atoms with Crippen LogP contribution in [0.5, 0.6) is 0 Å². The number of aryl methyl sites for hydroxylation is 2. The van der Waals surface area contributed by atoms with Crippen molar-refractivity contribution in [2.45, 2.75) is 26.2 Å². The first-order valence-electron chi connectivity index (χ1n) is 23.8. The van der Waals surface area contributed by atoms with Gasteiger partial charge in [0.05, 0.1) is 57.4 Å². The van der Waals surface area contributed by atoms with Gasteiger partial charge in [-0.2, -0.15) is 31.6 Å². The van der Waals surface area contributed by atoms with Gasteiger partial charge < -0.3 is 4.57 Å². The molecule has 0 saturated heterocycles. The average molecular weight is 992 g/mol. The Labute approximate surface area is 427 Å². The molecule has 5 nitrogen and oxygen atoms in total. The van der Waals surface area contributed by atoms with Gasteiger partial charge in [-0.1, -0.05) is 127 Å². The number of nitriles is 1. The van der Waals surface area contributed by atoms with Gasteiger partial charge in [-0.3, -0.25) is 0 Å². The lowest BCUT2D eigenvalue weighted by atomic mass is 9.90. The normalized spacial score (nSPS) is 11.7. The molecule has 0 N–H and O–H groups in total. The quantitative estimate of drug-likeness (QED) is 0.113. The van der Waals surface area contributed by atoms with Crippen LogP contribution >= 0.6 is 0 Å². The van der Waals surface area contributed by atoms with Crippen LogP contribution in [-0.2, 0) is 12.4 Å². The maximum absolute atomic E-state index is 14.9. The van der Waals surface area contributed by atoms with Crippen LogP contribution in [-0.4, -0.2) is 14.5 Å². The summed E-state index contributed by atoms with van der Waals surface area (Å²) in [5.74, 6) is 0.486. The molecule has 0 spiro atoms. The van der Waals surface area contributed by atoms with E-state index in [4.69, 9.17) is 16.5 Å². The summed E-state index contributed by atoms with van der Waals surface area (Å²) in [7, 11) is 0. The van der Waals surface area contributed by atoms with Gasteiger partial charge in [0, 0.05) is 38.6 Å². The van der Waals surface area contributed by atoms with Crippen LogP contribution in [0.4, 0.5) is 32.0 Å². The van der Waals surface area contributed by atoms with E-state index < -0.39 is 23.5 Å². The molecule has 0 aliphatic rings. The molecular formula is C64H39F6N5. The topological polar surface area (TPSA) is 58.9 Å². The van der Waals surface area contributed by atoms with Crippen molar-refractivity contribution in [1.29, 1.82) is 5.26 Å². The summed E-state index contributed by atoms with van der Waals surface area (Å²) in [6.07, 6.45) is -9.23. The first kappa shape index (κ1) is 47.7. The molecule has 11 aromatic rings. The molecule has 362 valence electrons. The molecule has 0 unspecified atom stereocenters. The first-order chi connectivity index (χ1) is 36.1. The van der Waals surface area contributed by atoms with Gasteiger partial charge in [0.15, 0.2) is 11.5 Å². The molecule has 9 aromatic carbocycles. The maximum atomic E-state index is 14.9. The molecular weight excluding hydrogens is 953 g/mol.